The van der Waals surface area contributed by atoms with Crippen molar-refractivity contribution < 1.29 is 5.11 Å². The molecule has 0 bridgehead atoms. The van der Waals surface area contributed by atoms with Gasteiger partial charge in [-0.15, -0.1) is 0 Å². The lowest BCUT2D eigenvalue weighted by Crippen LogP contribution is -2.34. The predicted molar refractivity (Wildman–Crippen MR) is 46.5 cm³/mol. The molecule has 1 rings (SSSR count). The molecular formula is C9H17NO. The Labute approximate surface area is 68.3 Å². The summed E-state index contributed by atoms with van der Waals surface area (Å²) in [6, 6.07) is 0. The van der Waals surface area contributed by atoms with Gasteiger partial charge < -0.3 is 10.4 Å². The van der Waals surface area contributed by atoms with E-state index >= 15 is 0 Å². The summed E-state index contributed by atoms with van der Waals surface area (Å²) in [6.07, 6.45) is 4.40. The molecule has 0 radical (unpaired) electrons. The van der Waals surface area contributed by atoms with Gasteiger partial charge in [0.15, 0.2) is 0 Å². The second-order valence-corrected chi connectivity index (χ2v) is 3.60. The van der Waals surface area contributed by atoms with Crippen LogP contribution in [-0.4, -0.2) is 23.8 Å². The van der Waals surface area contributed by atoms with Gasteiger partial charge >= 0.3 is 0 Å². The van der Waals surface area contributed by atoms with Crippen molar-refractivity contribution in [2.45, 2.75) is 32.2 Å². The molecule has 0 unspecified atom stereocenters. The normalized spacial score (nSPS) is 19.5. The molecule has 0 amide bonds. The number of allylic oxidation sites excluding steroid dienone is 1. The van der Waals surface area contributed by atoms with E-state index in [0.29, 0.717) is 0 Å². The van der Waals surface area contributed by atoms with Crippen molar-refractivity contribution in [3.8, 4) is 0 Å². The van der Waals surface area contributed by atoms with Gasteiger partial charge in [0.2, 0.25) is 0 Å². The highest BCUT2D eigenvalue weighted by Gasteiger charge is 2.40. The van der Waals surface area contributed by atoms with E-state index in [0.717, 1.165) is 19.4 Å². The van der Waals surface area contributed by atoms with E-state index in [2.05, 4.69) is 25.2 Å². The predicted octanol–water partition coefficient (Wildman–Crippen LogP) is 1.07. The van der Waals surface area contributed by atoms with Crippen LogP contribution < -0.4 is 5.32 Å². The SMILES string of the molecule is CC(C)=CCNC1(CO)CC1. The molecule has 2 N–H and O–H groups in total. The van der Waals surface area contributed by atoms with E-state index in [-0.39, 0.29) is 12.1 Å². The average Bonchev–Trinajstić information content (AvgIpc) is 2.69. The van der Waals surface area contributed by atoms with Gasteiger partial charge in [-0.3, -0.25) is 0 Å². The van der Waals surface area contributed by atoms with E-state index in [1.54, 1.807) is 0 Å². The Morgan fingerprint density at radius 1 is 1.55 bits per heavy atom. The summed E-state index contributed by atoms with van der Waals surface area (Å²) >= 11 is 0. The van der Waals surface area contributed by atoms with Crippen LogP contribution in [0.15, 0.2) is 11.6 Å². The first-order valence-electron chi connectivity index (χ1n) is 4.18. The summed E-state index contributed by atoms with van der Waals surface area (Å²) in [5.74, 6) is 0. The third-order valence-corrected chi connectivity index (χ3v) is 2.14. The van der Waals surface area contributed by atoms with Crippen molar-refractivity contribution in [3.05, 3.63) is 11.6 Å². The van der Waals surface area contributed by atoms with Gasteiger partial charge in [0.05, 0.1) is 6.61 Å². The van der Waals surface area contributed by atoms with Crippen LogP contribution in [0.2, 0.25) is 0 Å². The number of hydrogen-bond donors (Lipinski definition) is 2. The van der Waals surface area contributed by atoms with Crippen molar-refractivity contribution in [3.63, 3.8) is 0 Å². The summed E-state index contributed by atoms with van der Waals surface area (Å²) in [5, 5.41) is 12.3. The van der Waals surface area contributed by atoms with E-state index in [1.165, 1.54) is 5.57 Å². The Bertz CT molecular complexity index is 155. The van der Waals surface area contributed by atoms with Gasteiger partial charge in [-0.1, -0.05) is 11.6 Å². The molecule has 0 aliphatic heterocycles. The van der Waals surface area contributed by atoms with Crippen LogP contribution in [0.3, 0.4) is 0 Å². The molecule has 0 aromatic heterocycles. The molecule has 2 nitrogen and oxygen atoms in total. The summed E-state index contributed by atoms with van der Waals surface area (Å²) in [4.78, 5) is 0. The fourth-order valence-electron chi connectivity index (χ4n) is 1.01. The number of aliphatic hydroxyl groups excluding tert-OH is 1. The zero-order chi connectivity index (χ0) is 8.32. The van der Waals surface area contributed by atoms with Gasteiger partial charge in [-0.25, -0.2) is 0 Å². The lowest BCUT2D eigenvalue weighted by atomic mass is 10.2. The Morgan fingerprint density at radius 2 is 2.18 bits per heavy atom. The van der Waals surface area contributed by atoms with Gasteiger partial charge in [0.1, 0.15) is 0 Å². The molecule has 2 heteroatoms. The van der Waals surface area contributed by atoms with Gasteiger partial charge in [0.25, 0.3) is 0 Å². The summed E-state index contributed by atoms with van der Waals surface area (Å²) in [7, 11) is 0. The molecule has 1 fully saturated rings. The monoisotopic (exact) mass is 155 g/mol. The standard InChI is InChI=1S/C9H17NO/c1-8(2)3-6-10-9(7-11)4-5-9/h3,10-11H,4-7H2,1-2H3. The Hall–Kier alpha value is -0.340. The molecule has 1 aliphatic carbocycles. The first kappa shape index (κ1) is 8.75. The molecule has 11 heavy (non-hydrogen) atoms. The molecule has 1 saturated carbocycles. The average molecular weight is 155 g/mol. The molecule has 0 saturated heterocycles. The first-order chi connectivity index (χ1) is 5.18. The summed E-state index contributed by atoms with van der Waals surface area (Å²) in [6.45, 7) is 5.34. The smallest absolute Gasteiger partial charge is 0.0613 e. The Kier molecular flexibility index (Phi) is 2.68. The van der Waals surface area contributed by atoms with Crippen LogP contribution in [0.1, 0.15) is 26.7 Å². The second kappa shape index (κ2) is 3.37. The minimum Gasteiger partial charge on any atom is -0.394 e. The molecule has 0 heterocycles. The number of aliphatic hydroxyl groups is 1. The maximum absolute atomic E-state index is 8.94. The van der Waals surface area contributed by atoms with E-state index in [9.17, 15) is 0 Å². The lowest BCUT2D eigenvalue weighted by molar-refractivity contribution is 0.234. The third-order valence-electron chi connectivity index (χ3n) is 2.14. The van der Waals surface area contributed by atoms with Crippen molar-refractivity contribution in [1.29, 1.82) is 0 Å². The molecule has 1 aliphatic rings. The highest BCUT2D eigenvalue weighted by atomic mass is 16.3. The van der Waals surface area contributed by atoms with Crippen LogP contribution in [0.5, 0.6) is 0 Å². The van der Waals surface area contributed by atoms with Gasteiger partial charge in [-0.05, 0) is 26.7 Å². The highest BCUT2D eigenvalue weighted by Crippen LogP contribution is 2.34. The fraction of sp³-hybridized carbons (Fsp3) is 0.778. The molecule has 0 aromatic rings. The van der Waals surface area contributed by atoms with E-state index in [1.807, 2.05) is 0 Å². The number of nitrogens with one attached hydrogen (secondary N) is 1. The molecule has 64 valence electrons. The van der Waals surface area contributed by atoms with Crippen molar-refractivity contribution in [2.75, 3.05) is 13.2 Å². The zero-order valence-corrected chi connectivity index (χ0v) is 7.35. The Morgan fingerprint density at radius 3 is 2.55 bits per heavy atom. The lowest BCUT2D eigenvalue weighted by Gasteiger charge is -2.11. The number of hydrogen-bond acceptors (Lipinski definition) is 2. The summed E-state index contributed by atoms with van der Waals surface area (Å²) in [5.41, 5.74) is 1.41. The Balaban J connectivity index is 2.17. The maximum atomic E-state index is 8.94. The fourth-order valence-corrected chi connectivity index (χ4v) is 1.01. The minimum atomic E-state index is 0.0892. The number of rotatable bonds is 4. The van der Waals surface area contributed by atoms with E-state index in [4.69, 9.17) is 5.11 Å². The van der Waals surface area contributed by atoms with Crippen LogP contribution in [-0.2, 0) is 0 Å². The third kappa shape index (κ3) is 2.64. The van der Waals surface area contributed by atoms with Crippen molar-refractivity contribution >= 4 is 0 Å². The molecular weight excluding hydrogens is 138 g/mol. The second-order valence-electron chi connectivity index (χ2n) is 3.60. The molecule has 0 atom stereocenters. The maximum Gasteiger partial charge on any atom is 0.0613 e. The first-order valence-corrected chi connectivity index (χ1v) is 4.18. The minimum absolute atomic E-state index is 0.0892. The topological polar surface area (TPSA) is 32.3 Å². The van der Waals surface area contributed by atoms with Crippen molar-refractivity contribution in [2.24, 2.45) is 0 Å². The van der Waals surface area contributed by atoms with Crippen LogP contribution in [0.25, 0.3) is 0 Å². The van der Waals surface area contributed by atoms with Crippen LogP contribution in [0, 0.1) is 0 Å². The van der Waals surface area contributed by atoms with Gasteiger partial charge in [-0.2, -0.15) is 0 Å². The van der Waals surface area contributed by atoms with Crippen LogP contribution in [0.4, 0.5) is 0 Å². The van der Waals surface area contributed by atoms with Crippen LogP contribution >= 0.6 is 0 Å². The van der Waals surface area contributed by atoms with Gasteiger partial charge in [0, 0.05) is 12.1 Å². The largest absolute Gasteiger partial charge is 0.394 e. The summed E-state index contributed by atoms with van der Waals surface area (Å²) < 4.78 is 0. The van der Waals surface area contributed by atoms with Crippen molar-refractivity contribution in [1.82, 2.24) is 5.32 Å². The highest BCUT2D eigenvalue weighted by molar-refractivity contribution is 5.04. The molecule has 0 aromatic carbocycles. The zero-order valence-electron chi connectivity index (χ0n) is 7.35. The quantitative estimate of drug-likeness (QED) is 0.595. The van der Waals surface area contributed by atoms with E-state index < -0.39 is 0 Å². The molecule has 0 spiro atoms.